The van der Waals surface area contributed by atoms with E-state index in [1.165, 1.54) is 6.07 Å². The second kappa shape index (κ2) is 7.18. The van der Waals surface area contributed by atoms with E-state index < -0.39 is 0 Å². The van der Waals surface area contributed by atoms with Crippen LogP contribution in [0.1, 0.15) is 5.56 Å². The van der Waals surface area contributed by atoms with Crippen molar-refractivity contribution >= 4 is 23.4 Å². The number of phenolic OH excluding ortho intramolecular Hbond substituents is 1. The zero-order valence-electron chi connectivity index (χ0n) is 12.9. The van der Waals surface area contributed by atoms with Gasteiger partial charge in [0.15, 0.2) is 0 Å². The molecular formula is C17H15N3O3S. The molecule has 122 valence electrons. The molecule has 3 rings (SSSR count). The molecule has 0 fully saturated rings. The van der Waals surface area contributed by atoms with Gasteiger partial charge < -0.3 is 14.8 Å². The van der Waals surface area contributed by atoms with Gasteiger partial charge in [-0.15, -0.1) is 10.2 Å². The molecule has 2 aromatic carbocycles. The molecule has 2 N–H and O–H groups in total. The number of para-hydroxylation sites is 2. The molecule has 0 saturated heterocycles. The van der Waals surface area contributed by atoms with Crippen molar-refractivity contribution in [3.05, 3.63) is 54.1 Å². The largest absolute Gasteiger partial charge is 0.506 e. The molecule has 7 heteroatoms. The molecular weight excluding hydrogens is 326 g/mol. The monoisotopic (exact) mass is 341 g/mol. The topological polar surface area (TPSA) is 88.2 Å². The summed E-state index contributed by atoms with van der Waals surface area (Å²) in [6.45, 7) is 2.00. The maximum Gasteiger partial charge on any atom is 0.277 e. The Kier molecular flexibility index (Phi) is 4.81. The van der Waals surface area contributed by atoms with Crippen LogP contribution in [0.3, 0.4) is 0 Å². The van der Waals surface area contributed by atoms with E-state index in [-0.39, 0.29) is 17.4 Å². The number of hydrogen-bond donors (Lipinski definition) is 2. The fraction of sp³-hybridized carbons (Fsp3) is 0.118. The molecule has 0 atom stereocenters. The first-order valence-corrected chi connectivity index (χ1v) is 8.21. The van der Waals surface area contributed by atoms with E-state index in [9.17, 15) is 9.90 Å². The first kappa shape index (κ1) is 16.1. The Hall–Kier alpha value is -2.80. The van der Waals surface area contributed by atoms with Crippen molar-refractivity contribution < 1.29 is 14.3 Å². The molecule has 24 heavy (non-hydrogen) atoms. The molecule has 6 nitrogen and oxygen atoms in total. The van der Waals surface area contributed by atoms with Gasteiger partial charge in [-0.05, 0) is 31.2 Å². The Morgan fingerprint density at radius 3 is 2.67 bits per heavy atom. The Labute approximate surface area is 142 Å². The van der Waals surface area contributed by atoms with E-state index >= 15 is 0 Å². The Balaban J connectivity index is 1.58. The summed E-state index contributed by atoms with van der Waals surface area (Å²) >= 11 is 1.14. The quantitative estimate of drug-likeness (QED) is 0.545. The molecule has 0 unspecified atom stereocenters. The molecule has 0 radical (unpaired) electrons. The van der Waals surface area contributed by atoms with Gasteiger partial charge in [-0.3, -0.25) is 4.79 Å². The van der Waals surface area contributed by atoms with Crippen LogP contribution in [-0.4, -0.2) is 27.0 Å². The molecule has 1 heterocycles. The highest BCUT2D eigenvalue weighted by Gasteiger charge is 2.12. The minimum absolute atomic E-state index is 0.0234. The van der Waals surface area contributed by atoms with Crippen LogP contribution < -0.4 is 5.32 Å². The summed E-state index contributed by atoms with van der Waals surface area (Å²) in [5, 5.41) is 20.5. The number of carbonyl (C=O) groups excluding carboxylic acids is 1. The number of aryl methyl sites for hydroxylation is 1. The van der Waals surface area contributed by atoms with Crippen molar-refractivity contribution in [2.24, 2.45) is 0 Å². The summed E-state index contributed by atoms with van der Waals surface area (Å²) in [5.74, 6) is 0.273. The lowest BCUT2D eigenvalue weighted by atomic mass is 10.1. The smallest absolute Gasteiger partial charge is 0.277 e. The second-order valence-corrected chi connectivity index (χ2v) is 6.02. The van der Waals surface area contributed by atoms with E-state index in [0.717, 1.165) is 22.9 Å². The third kappa shape index (κ3) is 3.94. The average Bonchev–Trinajstić information content (AvgIpc) is 3.05. The number of nitrogens with zero attached hydrogens (tertiary/aromatic N) is 2. The Bertz CT molecular complexity index is 846. The fourth-order valence-electron chi connectivity index (χ4n) is 1.97. The van der Waals surface area contributed by atoms with Gasteiger partial charge in [0.25, 0.3) is 5.22 Å². The number of nitrogens with one attached hydrogen (secondary N) is 1. The van der Waals surface area contributed by atoms with E-state index in [1.54, 1.807) is 18.2 Å². The van der Waals surface area contributed by atoms with Gasteiger partial charge in [0.1, 0.15) is 5.75 Å². The van der Waals surface area contributed by atoms with Gasteiger partial charge in [-0.2, -0.15) is 0 Å². The van der Waals surface area contributed by atoms with Crippen molar-refractivity contribution in [3.8, 4) is 17.2 Å². The van der Waals surface area contributed by atoms with Gasteiger partial charge in [-0.25, -0.2) is 0 Å². The first-order chi connectivity index (χ1) is 11.6. The molecule has 0 spiro atoms. The van der Waals surface area contributed by atoms with Crippen molar-refractivity contribution in [2.75, 3.05) is 11.1 Å². The lowest BCUT2D eigenvalue weighted by Crippen LogP contribution is -2.14. The molecule has 0 saturated carbocycles. The molecule has 1 aromatic heterocycles. The van der Waals surface area contributed by atoms with Gasteiger partial charge in [0, 0.05) is 5.56 Å². The predicted octanol–water partition coefficient (Wildman–Crippen LogP) is 3.48. The van der Waals surface area contributed by atoms with Gasteiger partial charge in [-0.1, -0.05) is 41.6 Å². The van der Waals surface area contributed by atoms with Crippen LogP contribution in [0.5, 0.6) is 5.75 Å². The third-order valence-corrected chi connectivity index (χ3v) is 4.03. The van der Waals surface area contributed by atoms with Crippen LogP contribution in [-0.2, 0) is 4.79 Å². The highest BCUT2D eigenvalue weighted by molar-refractivity contribution is 7.99. The molecule has 3 aromatic rings. The normalized spacial score (nSPS) is 10.5. The third-order valence-electron chi connectivity index (χ3n) is 3.21. The van der Waals surface area contributed by atoms with Crippen LogP contribution in [0.2, 0.25) is 0 Å². The summed E-state index contributed by atoms with van der Waals surface area (Å²) in [6.07, 6.45) is 0. The number of anilines is 1. The highest BCUT2D eigenvalue weighted by Crippen LogP contribution is 2.25. The zero-order valence-corrected chi connectivity index (χ0v) is 13.7. The number of hydrogen-bond acceptors (Lipinski definition) is 6. The van der Waals surface area contributed by atoms with Gasteiger partial charge in [0.05, 0.1) is 11.4 Å². The van der Waals surface area contributed by atoms with Gasteiger partial charge in [0.2, 0.25) is 11.8 Å². The minimum atomic E-state index is -0.267. The number of benzene rings is 2. The maximum atomic E-state index is 11.9. The number of thioether (sulfide) groups is 1. The van der Waals surface area contributed by atoms with Crippen LogP contribution in [0, 0.1) is 6.92 Å². The SMILES string of the molecule is Cc1ccc(-c2nnc(SCC(=O)Nc3ccccc3O)o2)cc1. The Morgan fingerprint density at radius 1 is 1.17 bits per heavy atom. The summed E-state index contributed by atoms with van der Waals surface area (Å²) in [4.78, 5) is 11.9. The molecule has 0 aliphatic rings. The number of aromatic hydroxyl groups is 1. The number of rotatable bonds is 5. The Morgan fingerprint density at radius 2 is 1.92 bits per heavy atom. The maximum absolute atomic E-state index is 11.9. The standard InChI is InChI=1S/C17H15N3O3S/c1-11-6-8-12(9-7-11)16-19-20-17(23-16)24-10-15(22)18-13-4-2-3-5-14(13)21/h2-9,21H,10H2,1H3,(H,18,22). The van der Waals surface area contributed by atoms with Gasteiger partial charge >= 0.3 is 0 Å². The van der Waals surface area contributed by atoms with E-state index in [0.29, 0.717) is 16.8 Å². The highest BCUT2D eigenvalue weighted by atomic mass is 32.2. The minimum Gasteiger partial charge on any atom is -0.506 e. The predicted molar refractivity (Wildman–Crippen MR) is 91.9 cm³/mol. The summed E-state index contributed by atoms with van der Waals surface area (Å²) < 4.78 is 5.55. The lowest BCUT2D eigenvalue weighted by Gasteiger charge is -2.05. The summed E-state index contributed by atoms with van der Waals surface area (Å²) in [7, 11) is 0. The van der Waals surface area contributed by atoms with Crippen molar-refractivity contribution in [1.29, 1.82) is 0 Å². The van der Waals surface area contributed by atoms with Crippen molar-refractivity contribution in [2.45, 2.75) is 12.1 Å². The van der Waals surface area contributed by atoms with E-state index in [1.807, 2.05) is 31.2 Å². The number of aromatic nitrogens is 2. The number of carbonyl (C=O) groups is 1. The van der Waals surface area contributed by atoms with E-state index in [4.69, 9.17) is 4.42 Å². The van der Waals surface area contributed by atoms with Crippen LogP contribution in [0.25, 0.3) is 11.5 Å². The van der Waals surface area contributed by atoms with Crippen LogP contribution in [0.15, 0.2) is 58.2 Å². The first-order valence-electron chi connectivity index (χ1n) is 7.23. The average molecular weight is 341 g/mol. The summed E-state index contributed by atoms with van der Waals surface area (Å²) in [6, 6.07) is 14.3. The second-order valence-electron chi connectivity index (χ2n) is 5.09. The molecule has 0 aliphatic carbocycles. The van der Waals surface area contributed by atoms with Crippen LogP contribution in [0.4, 0.5) is 5.69 Å². The van der Waals surface area contributed by atoms with Crippen molar-refractivity contribution in [3.63, 3.8) is 0 Å². The van der Waals surface area contributed by atoms with Crippen molar-refractivity contribution in [1.82, 2.24) is 10.2 Å². The summed E-state index contributed by atoms with van der Waals surface area (Å²) in [5.41, 5.74) is 2.35. The molecule has 1 amide bonds. The zero-order chi connectivity index (χ0) is 16.9. The fourth-order valence-corrected chi connectivity index (χ4v) is 2.54. The molecule has 0 aliphatic heterocycles. The number of phenols is 1. The molecule has 0 bridgehead atoms. The lowest BCUT2D eigenvalue weighted by molar-refractivity contribution is -0.113. The van der Waals surface area contributed by atoms with Crippen LogP contribution >= 0.6 is 11.8 Å². The van der Waals surface area contributed by atoms with E-state index in [2.05, 4.69) is 15.5 Å². The number of amides is 1.